The zero-order valence-electron chi connectivity index (χ0n) is 14.8. The van der Waals surface area contributed by atoms with E-state index < -0.39 is 6.04 Å². The lowest BCUT2D eigenvalue weighted by Gasteiger charge is -2.34. The third-order valence-electron chi connectivity index (χ3n) is 4.51. The molecule has 1 aliphatic rings. The van der Waals surface area contributed by atoms with Crippen molar-refractivity contribution in [3.05, 3.63) is 64.7 Å². The minimum absolute atomic E-state index is 0.217. The van der Waals surface area contributed by atoms with Crippen molar-refractivity contribution in [2.45, 2.75) is 19.9 Å². The molecule has 27 heavy (non-hydrogen) atoms. The molecular weight excluding hydrogens is 367 g/mol. The molecule has 0 radical (unpaired) electrons. The average Bonchev–Trinajstić information content (AvgIpc) is 3.34. The molecule has 138 valence electrons. The van der Waals surface area contributed by atoms with Gasteiger partial charge in [-0.25, -0.2) is 9.18 Å². The van der Waals surface area contributed by atoms with E-state index in [1.165, 1.54) is 23.5 Å². The number of urea groups is 1. The number of halogens is 1. The molecule has 0 saturated carbocycles. The fourth-order valence-electron chi connectivity index (χ4n) is 3.18. The molecule has 3 heterocycles. The summed E-state index contributed by atoms with van der Waals surface area (Å²) in [5, 5.41) is 8.98. The second-order valence-electron chi connectivity index (χ2n) is 6.08. The van der Waals surface area contributed by atoms with E-state index in [0.717, 1.165) is 16.1 Å². The van der Waals surface area contributed by atoms with Crippen molar-refractivity contribution >= 4 is 22.9 Å². The summed E-state index contributed by atoms with van der Waals surface area (Å²) in [5.41, 5.74) is 2.18. The topological polar surface area (TPSA) is 71.3 Å². The summed E-state index contributed by atoms with van der Waals surface area (Å²) in [7, 11) is 0. The molecule has 1 aromatic carbocycles. The molecule has 4 rings (SSSR count). The number of nitrogens with zero attached hydrogens (tertiary/aromatic N) is 3. The number of amides is 2. The first kappa shape index (κ1) is 17.4. The minimum atomic E-state index is -0.502. The monoisotopic (exact) mass is 384 g/mol. The van der Waals surface area contributed by atoms with Crippen LogP contribution in [0.5, 0.6) is 0 Å². The maximum Gasteiger partial charge on any atom is 0.322 e. The summed E-state index contributed by atoms with van der Waals surface area (Å²) < 4.78 is 18.9. The van der Waals surface area contributed by atoms with Crippen LogP contribution in [0.3, 0.4) is 0 Å². The van der Waals surface area contributed by atoms with E-state index in [4.69, 9.17) is 4.52 Å². The van der Waals surface area contributed by atoms with Crippen LogP contribution < -0.4 is 5.32 Å². The summed E-state index contributed by atoms with van der Waals surface area (Å²) in [6, 6.07) is 9.14. The van der Waals surface area contributed by atoms with Gasteiger partial charge < -0.3 is 9.84 Å². The van der Waals surface area contributed by atoms with E-state index >= 15 is 0 Å². The van der Waals surface area contributed by atoms with Crippen LogP contribution in [-0.2, 0) is 0 Å². The van der Waals surface area contributed by atoms with Crippen molar-refractivity contribution < 1.29 is 13.7 Å². The molecule has 8 heteroatoms. The minimum Gasteiger partial charge on any atom is -0.334 e. The van der Waals surface area contributed by atoms with Gasteiger partial charge in [0, 0.05) is 12.2 Å². The quantitative estimate of drug-likeness (QED) is 0.721. The van der Waals surface area contributed by atoms with Crippen LogP contribution in [0.15, 0.2) is 52.0 Å². The van der Waals surface area contributed by atoms with E-state index in [1.807, 2.05) is 31.4 Å². The molecule has 1 unspecified atom stereocenters. The van der Waals surface area contributed by atoms with Gasteiger partial charge in [-0.2, -0.15) is 4.98 Å². The molecule has 6 nitrogen and oxygen atoms in total. The van der Waals surface area contributed by atoms with Crippen LogP contribution in [0.25, 0.3) is 16.3 Å². The first-order valence-electron chi connectivity index (χ1n) is 8.50. The Morgan fingerprint density at radius 2 is 2.07 bits per heavy atom. The molecule has 1 aliphatic heterocycles. The second-order valence-corrected chi connectivity index (χ2v) is 7.03. The van der Waals surface area contributed by atoms with Crippen LogP contribution in [0.2, 0.25) is 0 Å². The highest BCUT2D eigenvalue weighted by atomic mass is 32.1. The van der Waals surface area contributed by atoms with Crippen LogP contribution >= 0.6 is 11.3 Å². The highest BCUT2D eigenvalue weighted by molar-refractivity contribution is 7.13. The molecule has 0 fully saturated rings. The third-order valence-corrected chi connectivity index (χ3v) is 5.38. The van der Waals surface area contributed by atoms with Gasteiger partial charge in [-0.3, -0.25) is 4.90 Å². The first-order valence-corrected chi connectivity index (χ1v) is 9.38. The van der Waals surface area contributed by atoms with Crippen molar-refractivity contribution in [2.75, 3.05) is 6.54 Å². The number of hydrogen-bond acceptors (Lipinski definition) is 5. The first-order chi connectivity index (χ1) is 13.1. The lowest BCUT2D eigenvalue weighted by Crippen LogP contribution is -2.45. The van der Waals surface area contributed by atoms with Gasteiger partial charge in [-0.1, -0.05) is 23.4 Å². The summed E-state index contributed by atoms with van der Waals surface area (Å²) in [4.78, 5) is 19.5. The van der Waals surface area contributed by atoms with Crippen molar-refractivity contribution in [2.24, 2.45) is 0 Å². The summed E-state index contributed by atoms with van der Waals surface area (Å²) in [5.74, 6) is 0.498. The fraction of sp³-hybridized carbons (Fsp3) is 0.211. The van der Waals surface area contributed by atoms with Crippen molar-refractivity contribution in [1.82, 2.24) is 20.4 Å². The lowest BCUT2D eigenvalue weighted by molar-refractivity contribution is 0.207. The van der Waals surface area contributed by atoms with Crippen LogP contribution in [0.4, 0.5) is 9.18 Å². The van der Waals surface area contributed by atoms with Gasteiger partial charge in [0.05, 0.1) is 16.5 Å². The van der Waals surface area contributed by atoms with E-state index in [1.54, 1.807) is 17.0 Å². The number of carbonyl (C=O) groups excluding carboxylic acids is 1. The fourth-order valence-corrected chi connectivity index (χ4v) is 3.83. The highest BCUT2D eigenvalue weighted by Gasteiger charge is 2.35. The third kappa shape index (κ3) is 3.12. The second kappa shape index (κ2) is 6.96. The zero-order valence-corrected chi connectivity index (χ0v) is 15.6. The standard InChI is InChI=1S/C19H17FN4O2S/c1-3-24-11(2)15(18-22-17(23-26-18)14-5-4-10-27-14)16(21-19(24)25)12-6-8-13(20)9-7-12/h4-10,16H,3H2,1-2H3,(H,21,25). The summed E-state index contributed by atoms with van der Waals surface area (Å²) >= 11 is 1.52. The smallest absolute Gasteiger partial charge is 0.322 e. The normalized spacial score (nSPS) is 17.4. The molecule has 0 saturated heterocycles. The predicted molar refractivity (Wildman–Crippen MR) is 100 cm³/mol. The number of allylic oxidation sites excluding steroid dienone is 1. The summed E-state index contributed by atoms with van der Waals surface area (Å²) in [6.45, 7) is 4.25. The van der Waals surface area contributed by atoms with Crippen molar-refractivity contribution in [3.8, 4) is 10.7 Å². The van der Waals surface area contributed by atoms with Gasteiger partial charge in [-0.15, -0.1) is 11.3 Å². The number of rotatable bonds is 4. The Labute approximate surface area is 159 Å². The Bertz CT molecular complexity index is 995. The molecule has 0 bridgehead atoms. The summed E-state index contributed by atoms with van der Waals surface area (Å²) in [6.07, 6.45) is 0. The van der Waals surface area contributed by atoms with Crippen molar-refractivity contribution in [1.29, 1.82) is 0 Å². The van der Waals surface area contributed by atoms with Crippen LogP contribution in [0, 0.1) is 5.82 Å². The maximum atomic E-state index is 13.4. The molecular formula is C19H17FN4O2S. The predicted octanol–water partition coefficient (Wildman–Crippen LogP) is 4.45. The molecule has 0 spiro atoms. The maximum absolute atomic E-state index is 13.4. The number of benzene rings is 1. The van der Waals surface area contributed by atoms with E-state index in [9.17, 15) is 9.18 Å². The van der Waals surface area contributed by atoms with E-state index in [0.29, 0.717) is 23.8 Å². The highest BCUT2D eigenvalue weighted by Crippen LogP contribution is 2.37. The zero-order chi connectivity index (χ0) is 19.0. The van der Waals surface area contributed by atoms with Gasteiger partial charge in [0.2, 0.25) is 5.82 Å². The van der Waals surface area contributed by atoms with E-state index in [2.05, 4.69) is 15.5 Å². The SMILES string of the molecule is CCN1C(=O)NC(c2ccc(F)cc2)C(c2nc(-c3cccs3)no2)=C1C. The number of carbonyl (C=O) groups is 1. The van der Waals surface area contributed by atoms with Gasteiger partial charge in [0.15, 0.2) is 0 Å². The van der Waals surface area contributed by atoms with Gasteiger partial charge >= 0.3 is 6.03 Å². The van der Waals surface area contributed by atoms with Gasteiger partial charge in [-0.05, 0) is 43.0 Å². The van der Waals surface area contributed by atoms with Crippen molar-refractivity contribution in [3.63, 3.8) is 0 Å². The number of thiophene rings is 1. The Hall–Kier alpha value is -3.00. The van der Waals surface area contributed by atoms with Crippen LogP contribution in [0.1, 0.15) is 31.3 Å². The van der Waals surface area contributed by atoms with Gasteiger partial charge in [0.25, 0.3) is 5.89 Å². The Morgan fingerprint density at radius 1 is 1.30 bits per heavy atom. The molecule has 3 aromatic rings. The molecule has 1 N–H and O–H groups in total. The van der Waals surface area contributed by atoms with Crippen LogP contribution in [-0.4, -0.2) is 27.6 Å². The number of hydrogen-bond donors (Lipinski definition) is 1. The molecule has 0 aliphatic carbocycles. The number of nitrogens with one attached hydrogen (secondary N) is 1. The molecule has 1 atom stereocenters. The van der Waals surface area contributed by atoms with Gasteiger partial charge in [0.1, 0.15) is 5.82 Å². The largest absolute Gasteiger partial charge is 0.334 e. The average molecular weight is 384 g/mol. The molecule has 2 aromatic heterocycles. The number of aromatic nitrogens is 2. The molecule has 2 amide bonds. The Kier molecular flexibility index (Phi) is 4.49. The van der Waals surface area contributed by atoms with E-state index in [-0.39, 0.29) is 11.8 Å². The Balaban J connectivity index is 1.82. The lowest BCUT2D eigenvalue weighted by atomic mass is 9.94. The Morgan fingerprint density at radius 3 is 2.74 bits per heavy atom.